The van der Waals surface area contributed by atoms with Crippen LogP contribution in [-0.4, -0.2) is 0 Å². The standard InChI is InChI=1S/C6H4BrN2.ClH/c7-5-3-1-2-4-6(5)9-8;/h1-4H;1H/q+1;/p-1. The van der Waals surface area contributed by atoms with Crippen LogP contribution in [0.5, 0.6) is 0 Å². The summed E-state index contributed by atoms with van der Waals surface area (Å²) in [4.78, 5) is 3.02. The van der Waals surface area contributed by atoms with Gasteiger partial charge in [0.1, 0.15) is 4.47 Å². The van der Waals surface area contributed by atoms with Gasteiger partial charge in [-0.3, -0.25) is 0 Å². The third-order valence-electron chi connectivity index (χ3n) is 0.960. The maximum Gasteiger partial charge on any atom is 0.399 e. The molecule has 0 aromatic heterocycles. The fourth-order valence-electron chi connectivity index (χ4n) is 0.533. The Labute approximate surface area is 73.4 Å². The van der Waals surface area contributed by atoms with Crippen molar-refractivity contribution in [3.8, 4) is 0 Å². The molecule has 0 saturated heterocycles. The molecule has 0 saturated carbocycles. The van der Waals surface area contributed by atoms with Crippen LogP contribution in [0.25, 0.3) is 4.98 Å². The van der Waals surface area contributed by atoms with E-state index in [-0.39, 0.29) is 12.4 Å². The number of hydrogen-bond acceptors (Lipinski definition) is 1. The summed E-state index contributed by atoms with van der Waals surface area (Å²) in [6, 6.07) is 7.19. The topological polar surface area (TPSA) is 28.1 Å². The second-order valence-electron chi connectivity index (χ2n) is 1.55. The van der Waals surface area contributed by atoms with Gasteiger partial charge in [0.15, 0.2) is 4.98 Å². The van der Waals surface area contributed by atoms with E-state index >= 15 is 0 Å². The van der Waals surface area contributed by atoms with Gasteiger partial charge in [0.05, 0.1) is 0 Å². The summed E-state index contributed by atoms with van der Waals surface area (Å²) in [5, 5.41) is 8.31. The molecule has 0 aliphatic rings. The summed E-state index contributed by atoms with van der Waals surface area (Å²) in [5.41, 5.74) is 0.553. The minimum atomic E-state index is 0. The van der Waals surface area contributed by atoms with Crippen molar-refractivity contribution in [3.63, 3.8) is 0 Å². The second-order valence-corrected chi connectivity index (χ2v) is 2.41. The Balaban J connectivity index is 0.000000810. The number of rotatable bonds is 0. The lowest BCUT2D eigenvalue weighted by atomic mass is 10.3. The molecule has 0 amide bonds. The van der Waals surface area contributed by atoms with Crippen molar-refractivity contribution in [3.05, 3.63) is 33.7 Å². The Morgan fingerprint density at radius 2 is 1.90 bits per heavy atom. The van der Waals surface area contributed by atoms with E-state index in [1.807, 2.05) is 12.1 Å². The van der Waals surface area contributed by atoms with Gasteiger partial charge in [0.2, 0.25) is 5.39 Å². The Morgan fingerprint density at radius 3 is 2.30 bits per heavy atom. The SMILES string of the molecule is N#[N+]c1ccccc1Br.[Cl-]. The molecule has 1 aromatic carbocycles. The van der Waals surface area contributed by atoms with Crippen molar-refractivity contribution in [2.24, 2.45) is 0 Å². The highest BCUT2D eigenvalue weighted by Crippen LogP contribution is 2.23. The predicted octanol–water partition coefficient (Wildman–Crippen LogP) is -0.0623. The zero-order chi connectivity index (χ0) is 6.69. The van der Waals surface area contributed by atoms with Crippen LogP contribution in [0.15, 0.2) is 28.7 Å². The first-order chi connectivity index (χ1) is 4.34. The van der Waals surface area contributed by atoms with E-state index in [9.17, 15) is 0 Å². The molecule has 0 unspecified atom stereocenters. The molecule has 1 aromatic rings. The van der Waals surface area contributed by atoms with Gasteiger partial charge < -0.3 is 12.4 Å². The molecule has 0 aliphatic carbocycles. The molecular weight excluding hydrogens is 215 g/mol. The number of halogens is 2. The van der Waals surface area contributed by atoms with Crippen LogP contribution in [-0.2, 0) is 0 Å². The molecular formula is C6H4BrClN2. The van der Waals surface area contributed by atoms with Crippen molar-refractivity contribution >= 4 is 21.6 Å². The van der Waals surface area contributed by atoms with Crippen LogP contribution >= 0.6 is 15.9 Å². The Hall–Kier alpha value is -0.590. The summed E-state index contributed by atoms with van der Waals surface area (Å²) < 4.78 is 0.799. The summed E-state index contributed by atoms with van der Waals surface area (Å²) >= 11 is 3.20. The average Bonchev–Trinajstić information content (AvgIpc) is 1.89. The van der Waals surface area contributed by atoms with Crippen molar-refractivity contribution in [1.29, 1.82) is 5.39 Å². The fraction of sp³-hybridized carbons (Fsp3) is 0. The molecule has 10 heavy (non-hydrogen) atoms. The van der Waals surface area contributed by atoms with Crippen LogP contribution in [0.4, 0.5) is 5.69 Å². The normalized spacial score (nSPS) is 7.60. The van der Waals surface area contributed by atoms with E-state index < -0.39 is 0 Å². The van der Waals surface area contributed by atoms with E-state index in [4.69, 9.17) is 5.39 Å². The van der Waals surface area contributed by atoms with Gasteiger partial charge in [-0.1, -0.05) is 12.1 Å². The lowest BCUT2D eigenvalue weighted by molar-refractivity contribution is -0.00000192. The summed E-state index contributed by atoms with van der Waals surface area (Å²) in [6.07, 6.45) is 0. The van der Waals surface area contributed by atoms with Crippen molar-refractivity contribution in [1.82, 2.24) is 0 Å². The van der Waals surface area contributed by atoms with Gasteiger partial charge in [-0.25, -0.2) is 0 Å². The highest BCUT2D eigenvalue weighted by atomic mass is 79.9. The van der Waals surface area contributed by atoms with Crippen molar-refractivity contribution in [2.75, 3.05) is 0 Å². The highest BCUT2D eigenvalue weighted by molar-refractivity contribution is 9.10. The molecule has 0 bridgehead atoms. The van der Waals surface area contributed by atoms with Crippen molar-refractivity contribution in [2.45, 2.75) is 0 Å². The highest BCUT2D eigenvalue weighted by Gasteiger charge is 2.06. The van der Waals surface area contributed by atoms with E-state index in [0.29, 0.717) is 5.69 Å². The van der Waals surface area contributed by atoms with Crippen molar-refractivity contribution < 1.29 is 12.4 Å². The third-order valence-corrected chi connectivity index (χ3v) is 1.63. The minimum Gasteiger partial charge on any atom is -1.00 e. The number of hydrogen-bond donors (Lipinski definition) is 0. The molecule has 0 N–H and O–H groups in total. The minimum absolute atomic E-state index is 0. The van der Waals surface area contributed by atoms with Gasteiger partial charge in [-0.2, -0.15) is 0 Å². The van der Waals surface area contributed by atoms with Gasteiger partial charge in [-0.15, -0.1) is 0 Å². The lowest BCUT2D eigenvalue weighted by Crippen LogP contribution is -3.00. The molecule has 0 fully saturated rings. The Morgan fingerprint density at radius 1 is 1.30 bits per heavy atom. The zero-order valence-electron chi connectivity index (χ0n) is 4.96. The van der Waals surface area contributed by atoms with Gasteiger partial charge in [0, 0.05) is 6.07 Å². The Kier molecular flexibility index (Phi) is 4.01. The second kappa shape index (κ2) is 4.26. The zero-order valence-corrected chi connectivity index (χ0v) is 7.30. The fourth-order valence-corrected chi connectivity index (χ4v) is 0.897. The van der Waals surface area contributed by atoms with E-state index in [1.54, 1.807) is 12.1 Å². The Bertz CT molecular complexity index is 256. The lowest BCUT2D eigenvalue weighted by Gasteiger charge is -1.78. The number of benzene rings is 1. The smallest absolute Gasteiger partial charge is 0.399 e. The van der Waals surface area contributed by atoms with Crippen LogP contribution in [0.2, 0.25) is 0 Å². The molecule has 0 radical (unpaired) electrons. The first-order valence-corrected chi connectivity index (χ1v) is 3.23. The van der Waals surface area contributed by atoms with Crippen LogP contribution in [0.3, 0.4) is 0 Å². The van der Waals surface area contributed by atoms with Crippen LogP contribution < -0.4 is 12.4 Å². The number of nitrogens with zero attached hydrogens (tertiary/aromatic N) is 2. The predicted molar refractivity (Wildman–Crippen MR) is 38.9 cm³/mol. The molecule has 1 rings (SSSR count). The number of diazo groups is 1. The summed E-state index contributed by atoms with van der Waals surface area (Å²) in [7, 11) is 0. The quantitative estimate of drug-likeness (QED) is 0.562. The van der Waals surface area contributed by atoms with E-state index in [2.05, 4.69) is 20.9 Å². The molecule has 0 aliphatic heterocycles. The van der Waals surface area contributed by atoms with E-state index in [1.165, 1.54) is 0 Å². The maximum absolute atomic E-state index is 8.31. The first kappa shape index (κ1) is 9.41. The summed E-state index contributed by atoms with van der Waals surface area (Å²) in [5.74, 6) is 0. The van der Waals surface area contributed by atoms with Crippen LogP contribution in [0, 0.1) is 5.39 Å². The largest absolute Gasteiger partial charge is 1.00 e. The molecule has 0 heterocycles. The molecule has 0 atom stereocenters. The third kappa shape index (κ3) is 1.98. The maximum atomic E-state index is 8.31. The van der Waals surface area contributed by atoms with Gasteiger partial charge in [-0.05, 0) is 22.0 Å². The monoisotopic (exact) mass is 218 g/mol. The molecule has 4 heteroatoms. The summed E-state index contributed by atoms with van der Waals surface area (Å²) in [6.45, 7) is 0. The first-order valence-electron chi connectivity index (χ1n) is 2.44. The van der Waals surface area contributed by atoms with E-state index in [0.717, 1.165) is 4.47 Å². The molecule has 0 spiro atoms. The van der Waals surface area contributed by atoms with Crippen LogP contribution in [0.1, 0.15) is 0 Å². The van der Waals surface area contributed by atoms with Gasteiger partial charge in [0.25, 0.3) is 0 Å². The molecule has 52 valence electrons. The molecule has 2 nitrogen and oxygen atoms in total. The average molecular weight is 219 g/mol. The van der Waals surface area contributed by atoms with Gasteiger partial charge >= 0.3 is 5.69 Å².